The van der Waals surface area contributed by atoms with Gasteiger partial charge in [-0.15, -0.1) is 0 Å². The summed E-state index contributed by atoms with van der Waals surface area (Å²) in [6.07, 6.45) is 4.59. The summed E-state index contributed by atoms with van der Waals surface area (Å²) in [4.78, 5) is 0.300. The molecule has 0 atom stereocenters. The lowest BCUT2D eigenvalue weighted by Crippen LogP contribution is -2.38. The summed E-state index contributed by atoms with van der Waals surface area (Å²) < 4.78 is 33.2. The monoisotopic (exact) mass is 310 g/mol. The molecule has 0 spiro atoms. The quantitative estimate of drug-likeness (QED) is 0.762. The van der Waals surface area contributed by atoms with E-state index in [2.05, 4.69) is 4.72 Å². The van der Waals surface area contributed by atoms with Crippen molar-refractivity contribution in [2.75, 3.05) is 13.2 Å². The Kier molecular flexibility index (Phi) is 4.19. The molecule has 2 fully saturated rings. The zero-order valence-electron chi connectivity index (χ0n) is 12.0. The molecule has 2 aliphatic carbocycles. The van der Waals surface area contributed by atoms with Crippen LogP contribution in [0.25, 0.3) is 0 Å². The molecule has 0 aromatic heterocycles. The largest absolute Gasteiger partial charge is 0.492 e. The van der Waals surface area contributed by atoms with Crippen molar-refractivity contribution < 1.29 is 13.2 Å². The second-order valence-corrected chi connectivity index (χ2v) is 7.64. The van der Waals surface area contributed by atoms with E-state index in [9.17, 15) is 8.42 Å². The van der Waals surface area contributed by atoms with Crippen molar-refractivity contribution in [2.24, 2.45) is 17.6 Å². The normalized spacial score (nSPS) is 19.0. The van der Waals surface area contributed by atoms with Gasteiger partial charge in [0.15, 0.2) is 0 Å². The molecular formula is C15H22N2O3S. The first-order chi connectivity index (χ1) is 10.1. The number of rotatable bonds is 8. The number of hydrogen-bond acceptors (Lipinski definition) is 4. The standard InChI is InChI=1S/C15H22N2O3S/c16-9-10-20-13-5-7-14(8-6-13)21(18,19)17-15(11-1-2-11)12-3-4-12/h5-8,11-12,15,17H,1-4,9-10,16H2. The fraction of sp³-hybridized carbons (Fsp3) is 0.600. The van der Waals surface area contributed by atoms with Gasteiger partial charge >= 0.3 is 0 Å². The van der Waals surface area contributed by atoms with E-state index in [-0.39, 0.29) is 6.04 Å². The van der Waals surface area contributed by atoms with E-state index >= 15 is 0 Å². The van der Waals surface area contributed by atoms with Crippen LogP contribution in [0.1, 0.15) is 25.7 Å². The molecule has 3 N–H and O–H groups in total. The van der Waals surface area contributed by atoms with Crippen molar-refractivity contribution in [1.82, 2.24) is 4.72 Å². The van der Waals surface area contributed by atoms with Gasteiger partial charge in [0.1, 0.15) is 12.4 Å². The molecule has 116 valence electrons. The summed E-state index contributed by atoms with van der Waals surface area (Å²) in [5, 5.41) is 0. The Morgan fingerprint density at radius 3 is 2.19 bits per heavy atom. The third-order valence-corrected chi connectivity index (χ3v) is 5.55. The third-order valence-electron chi connectivity index (χ3n) is 4.07. The maximum atomic E-state index is 12.5. The predicted molar refractivity (Wildman–Crippen MR) is 80.5 cm³/mol. The Morgan fingerprint density at radius 2 is 1.71 bits per heavy atom. The van der Waals surface area contributed by atoms with Crippen LogP contribution in [0.15, 0.2) is 29.2 Å². The minimum absolute atomic E-state index is 0.128. The lowest BCUT2D eigenvalue weighted by molar-refractivity contribution is 0.328. The maximum Gasteiger partial charge on any atom is 0.240 e. The fourth-order valence-electron chi connectivity index (χ4n) is 2.63. The van der Waals surface area contributed by atoms with Crippen molar-refractivity contribution in [3.63, 3.8) is 0 Å². The minimum Gasteiger partial charge on any atom is -0.492 e. The Bertz CT molecular complexity index is 565. The van der Waals surface area contributed by atoms with Crippen molar-refractivity contribution in [3.05, 3.63) is 24.3 Å². The van der Waals surface area contributed by atoms with Crippen molar-refractivity contribution in [2.45, 2.75) is 36.6 Å². The number of nitrogens with one attached hydrogen (secondary N) is 1. The summed E-state index contributed by atoms with van der Waals surface area (Å²) in [6, 6.07) is 6.65. The summed E-state index contributed by atoms with van der Waals surface area (Å²) in [5.74, 6) is 1.72. The molecule has 0 saturated heterocycles. The van der Waals surface area contributed by atoms with Crippen LogP contribution in [0, 0.1) is 11.8 Å². The molecular weight excluding hydrogens is 288 g/mol. The van der Waals surface area contributed by atoms with Crippen LogP contribution in [-0.4, -0.2) is 27.6 Å². The highest BCUT2D eigenvalue weighted by Crippen LogP contribution is 2.45. The van der Waals surface area contributed by atoms with Crippen LogP contribution < -0.4 is 15.2 Å². The van der Waals surface area contributed by atoms with Gasteiger partial charge in [-0.05, 0) is 61.8 Å². The number of benzene rings is 1. The van der Waals surface area contributed by atoms with Crippen molar-refractivity contribution in [1.29, 1.82) is 0 Å². The van der Waals surface area contributed by atoms with E-state index in [1.54, 1.807) is 24.3 Å². The second-order valence-electron chi connectivity index (χ2n) is 5.93. The summed E-state index contributed by atoms with van der Waals surface area (Å²) >= 11 is 0. The van der Waals surface area contributed by atoms with Crippen LogP contribution in [0.4, 0.5) is 0 Å². The first kappa shape index (κ1) is 14.8. The van der Waals surface area contributed by atoms with E-state index in [0.29, 0.717) is 35.6 Å². The number of ether oxygens (including phenoxy) is 1. The fourth-order valence-corrected chi connectivity index (χ4v) is 4.00. The SMILES string of the molecule is NCCOc1ccc(S(=O)(=O)NC(C2CC2)C2CC2)cc1. The number of sulfonamides is 1. The predicted octanol–water partition coefficient (Wildman–Crippen LogP) is 1.49. The molecule has 1 aromatic carbocycles. The molecule has 5 nitrogen and oxygen atoms in total. The molecule has 0 unspecified atom stereocenters. The Hall–Kier alpha value is -1.11. The van der Waals surface area contributed by atoms with E-state index in [4.69, 9.17) is 10.5 Å². The highest BCUT2D eigenvalue weighted by molar-refractivity contribution is 7.89. The Labute approximate surface area is 125 Å². The van der Waals surface area contributed by atoms with Crippen molar-refractivity contribution >= 4 is 10.0 Å². The molecule has 21 heavy (non-hydrogen) atoms. The highest BCUT2D eigenvalue weighted by Gasteiger charge is 2.43. The summed E-state index contributed by atoms with van der Waals surface area (Å²) in [7, 11) is -3.44. The van der Waals surface area contributed by atoms with Crippen LogP contribution in [0.2, 0.25) is 0 Å². The summed E-state index contributed by atoms with van der Waals surface area (Å²) in [5.41, 5.74) is 5.37. The van der Waals surface area contributed by atoms with Gasteiger partial charge in [-0.3, -0.25) is 0 Å². The molecule has 1 aromatic rings. The van der Waals surface area contributed by atoms with Crippen molar-refractivity contribution in [3.8, 4) is 5.75 Å². The van der Waals surface area contributed by atoms with E-state index in [1.165, 1.54) is 0 Å². The van der Waals surface area contributed by atoms with Gasteiger partial charge in [0.05, 0.1) is 4.90 Å². The molecule has 0 amide bonds. The Balaban J connectivity index is 1.68. The lowest BCUT2D eigenvalue weighted by Gasteiger charge is -2.17. The van der Waals surface area contributed by atoms with Gasteiger partial charge < -0.3 is 10.5 Å². The molecule has 0 bridgehead atoms. The smallest absolute Gasteiger partial charge is 0.240 e. The third kappa shape index (κ3) is 3.75. The molecule has 2 saturated carbocycles. The van der Waals surface area contributed by atoms with Gasteiger partial charge in [-0.2, -0.15) is 0 Å². The lowest BCUT2D eigenvalue weighted by atomic mass is 10.1. The van der Waals surface area contributed by atoms with Gasteiger partial charge in [0.2, 0.25) is 10.0 Å². The molecule has 3 rings (SSSR count). The molecule has 0 aliphatic heterocycles. The van der Waals surface area contributed by atoms with Crippen LogP contribution >= 0.6 is 0 Å². The molecule has 2 aliphatic rings. The number of nitrogens with two attached hydrogens (primary N) is 1. The van der Waals surface area contributed by atoms with E-state index in [1.807, 2.05) is 0 Å². The van der Waals surface area contributed by atoms with Crippen LogP contribution in [0.3, 0.4) is 0 Å². The molecule has 0 heterocycles. The van der Waals surface area contributed by atoms with Gasteiger partial charge in [-0.25, -0.2) is 13.1 Å². The van der Waals surface area contributed by atoms with Gasteiger partial charge in [-0.1, -0.05) is 0 Å². The number of hydrogen-bond donors (Lipinski definition) is 2. The van der Waals surface area contributed by atoms with E-state index < -0.39 is 10.0 Å². The average molecular weight is 310 g/mol. The van der Waals surface area contributed by atoms with Gasteiger partial charge in [0.25, 0.3) is 0 Å². The first-order valence-electron chi connectivity index (χ1n) is 7.55. The average Bonchev–Trinajstić information content (AvgIpc) is 3.36. The zero-order chi connectivity index (χ0) is 14.9. The topological polar surface area (TPSA) is 81.4 Å². The van der Waals surface area contributed by atoms with Crippen LogP contribution in [-0.2, 0) is 10.0 Å². The molecule has 6 heteroatoms. The molecule has 0 radical (unpaired) electrons. The van der Waals surface area contributed by atoms with E-state index in [0.717, 1.165) is 25.7 Å². The highest BCUT2D eigenvalue weighted by atomic mass is 32.2. The second kappa shape index (κ2) is 5.94. The maximum absolute atomic E-state index is 12.5. The zero-order valence-corrected chi connectivity index (χ0v) is 12.8. The Morgan fingerprint density at radius 1 is 1.14 bits per heavy atom. The summed E-state index contributed by atoms with van der Waals surface area (Å²) in [6.45, 7) is 0.863. The van der Waals surface area contributed by atoms with Gasteiger partial charge in [0, 0.05) is 12.6 Å². The van der Waals surface area contributed by atoms with Crippen LogP contribution in [0.5, 0.6) is 5.75 Å². The first-order valence-corrected chi connectivity index (χ1v) is 9.04. The minimum atomic E-state index is -3.44.